The number of hydrogen-bond acceptors (Lipinski definition) is 3. The molecule has 0 saturated carbocycles. The molecule has 2 rings (SSSR count). The fraction of sp³-hybridized carbons (Fsp3) is 0.0909. The number of carbonyl (C=O) groups is 1. The van der Waals surface area contributed by atoms with Crippen molar-refractivity contribution in [2.45, 2.75) is 6.92 Å². The Labute approximate surface area is 91.7 Å². The minimum atomic E-state index is 0.0949. The van der Waals surface area contributed by atoms with Gasteiger partial charge in [-0.2, -0.15) is 0 Å². The summed E-state index contributed by atoms with van der Waals surface area (Å²) in [7, 11) is 0. The van der Waals surface area contributed by atoms with Gasteiger partial charge in [-0.15, -0.1) is 0 Å². The first kappa shape index (κ1) is 9.93. The topological polar surface area (TPSA) is 43.1 Å². The molecule has 0 aliphatic heterocycles. The van der Waals surface area contributed by atoms with Gasteiger partial charge in [0.25, 0.3) is 5.89 Å². The molecule has 1 aromatic heterocycles. The first-order valence-corrected chi connectivity index (χ1v) is 4.77. The SMILES string of the molecule is Cc1oc(C=O)nc1-c1ccc(Cl)cc1. The molecule has 0 spiro atoms. The molecule has 0 bridgehead atoms. The van der Waals surface area contributed by atoms with Crippen molar-refractivity contribution < 1.29 is 9.21 Å². The van der Waals surface area contributed by atoms with Crippen LogP contribution in [-0.2, 0) is 0 Å². The predicted molar refractivity (Wildman–Crippen MR) is 57.1 cm³/mol. The lowest BCUT2D eigenvalue weighted by atomic mass is 10.1. The summed E-state index contributed by atoms with van der Waals surface area (Å²) in [5.74, 6) is 0.719. The van der Waals surface area contributed by atoms with Gasteiger partial charge in [0.1, 0.15) is 11.5 Å². The summed E-state index contributed by atoms with van der Waals surface area (Å²) in [6, 6.07) is 7.21. The summed E-state index contributed by atoms with van der Waals surface area (Å²) in [6.45, 7) is 1.77. The lowest BCUT2D eigenvalue weighted by molar-refractivity contribution is 0.109. The molecule has 4 heteroatoms. The van der Waals surface area contributed by atoms with Gasteiger partial charge in [-0.05, 0) is 19.1 Å². The summed E-state index contributed by atoms with van der Waals surface area (Å²) in [4.78, 5) is 14.5. The number of carbonyl (C=O) groups excluding carboxylic acids is 1. The van der Waals surface area contributed by atoms with Gasteiger partial charge in [-0.1, -0.05) is 23.7 Å². The zero-order chi connectivity index (χ0) is 10.8. The van der Waals surface area contributed by atoms with E-state index >= 15 is 0 Å². The van der Waals surface area contributed by atoms with E-state index in [0.717, 1.165) is 5.56 Å². The molecule has 2 aromatic rings. The third kappa shape index (κ3) is 1.92. The van der Waals surface area contributed by atoms with Gasteiger partial charge in [0.15, 0.2) is 0 Å². The van der Waals surface area contributed by atoms with Crippen molar-refractivity contribution in [1.29, 1.82) is 0 Å². The molecule has 1 aromatic carbocycles. The zero-order valence-electron chi connectivity index (χ0n) is 8.03. The molecule has 0 aliphatic rings. The highest BCUT2D eigenvalue weighted by molar-refractivity contribution is 6.30. The molecular formula is C11H8ClNO2. The normalized spacial score (nSPS) is 10.3. The molecule has 1 heterocycles. The maximum atomic E-state index is 10.5. The van der Waals surface area contributed by atoms with Crippen LogP contribution in [0.2, 0.25) is 5.02 Å². The van der Waals surface area contributed by atoms with Crippen LogP contribution in [0.15, 0.2) is 28.7 Å². The van der Waals surface area contributed by atoms with Crippen molar-refractivity contribution in [3.05, 3.63) is 40.9 Å². The van der Waals surface area contributed by atoms with Gasteiger partial charge in [-0.3, -0.25) is 4.79 Å². The van der Waals surface area contributed by atoms with Gasteiger partial charge in [-0.25, -0.2) is 4.98 Å². The van der Waals surface area contributed by atoms with Gasteiger partial charge < -0.3 is 4.42 Å². The molecule has 0 radical (unpaired) electrons. The standard InChI is InChI=1S/C11H8ClNO2/c1-7-11(13-10(6-14)15-7)8-2-4-9(12)5-3-8/h2-6H,1H3. The number of rotatable bonds is 2. The minimum absolute atomic E-state index is 0.0949. The monoisotopic (exact) mass is 221 g/mol. The predicted octanol–water partition coefficient (Wildman–Crippen LogP) is 3.12. The number of hydrogen-bond donors (Lipinski definition) is 0. The molecule has 0 fully saturated rings. The molecule has 15 heavy (non-hydrogen) atoms. The van der Waals surface area contributed by atoms with Crippen molar-refractivity contribution in [1.82, 2.24) is 4.98 Å². The second-order valence-electron chi connectivity index (χ2n) is 3.08. The van der Waals surface area contributed by atoms with Crippen molar-refractivity contribution in [3.8, 4) is 11.3 Å². The van der Waals surface area contributed by atoms with Gasteiger partial charge in [0.05, 0.1) is 0 Å². The molecular weight excluding hydrogens is 214 g/mol. The fourth-order valence-electron chi connectivity index (χ4n) is 1.34. The number of nitrogens with zero attached hydrogens (tertiary/aromatic N) is 1. The lowest BCUT2D eigenvalue weighted by Crippen LogP contribution is -1.81. The van der Waals surface area contributed by atoms with E-state index in [0.29, 0.717) is 22.8 Å². The molecule has 0 amide bonds. The van der Waals surface area contributed by atoms with Gasteiger partial charge in [0, 0.05) is 10.6 Å². The van der Waals surface area contributed by atoms with E-state index in [1.165, 1.54) is 0 Å². The van der Waals surface area contributed by atoms with Crippen molar-refractivity contribution in [2.75, 3.05) is 0 Å². The van der Waals surface area contributed by atoms with Crippen molar-refractivity contribution >= 4 is 17.9 Å². The molecule has 3 nitrogen and oxygen atoms in total. The van der Waals surface area contributed by atoms with Crippen molar-refractivity contribution in [2.24, 2.45) is 0 Å². The number of halogens is 1. The number of aldehydes is 1. The van der Waals surface area contributed by atoms with Crippen LogP contribution in [0, 0.1) is 6.92 Å². The maximum Gasteiger partial charge on any atom is 0.260 e. The smallest absolute Gasteiger partial charge is 0.260 e. The molecule has 0 atom stereocenters. The van der Waals surface area contributed by atoms with E-state index in [1.54, 1.807) is 19.1 Å². The summed E-state index contributed by atoms with van der Waals surface area (Å²) >= 11 is 5.77. The average molecular weight is 222 g/mol. The van der Waals surface area contributed by atoms with E-state index in [9.17, 15) is 4.79 Å². The third-order valence-electron chi connectivity index (χ3n) is 2.03. The largest absolute Gasteiger partial charge is 0.439 e. The number of aromatic nitrogens is 1. The summed E-state index contributed by atoms with van der Waals surface area (Å²) in [5, 5.41) is 0.663. The Hall–Kier alpha value is -1.61. The summed E-state index contributed by atoms with van der Waals surface area (Å²) < 4.78 is 5.14. The minimum Gasteiger partial charge on any atom is -0.439 e. The van der Waals surface area contributed by atoms with Crippen LogP contribution in [-0.4, -0.2) is 11.3 Å². The summed E-state index contributed by atoms with van der Waals surface area (Å²) in [6.07, 6.45) is 0.590. The van der Waals surface area contributed by atoms with E-state index in [-0.39, 0.29) is 5.89 Å². The number of aryl methyl sites for hydroxylation is 1. The van der Waals surface area contributed by atoms with E-state index in [4.69, 9.17) is 16.0 Å². The van der Waals surface area contributed by atoms with Crippen LogP contribution >= 0.6 is 11.6 Å². The van der Waals surface area contributed by atoms with Crippen molar-refractivity contribution in [3.63, 3.8) is 0 Å². The molecule has 0 N–H and O–H groups in total. The second-order valence-corrected chi connectivity index (χ2v) is 3.52. The average Bonchev–Trinajstić information content (AvgIpc) is 2.61. The Bertz CT molecular complexity index is 488. The Balaban J connectivity index is 2.48. The van der Waals surface area contributed by atoms with E-state index in [2.05, 4.69) is 4.98 Å². The second kappa shape index (κ2) is 3.87. The van der Waals surface area contributed by atoms with Crippen LogP contribution < -0.4 is 0 Å². The Morgan fingerprint density at radius 2 is 2.00 bits per heavy atom. The van der Waals surface area contributed by atoms with Crippen LogP contribution in [0.4, 0.5) is 0 Å². The fourth-order valence-corrected chi connectivity index (χ4v) is 1.47. The van der Waals surface area contributed by atoms with E-state index < -0.39 is 0 Å². The zero-order valence-corrected chi connectivity index (χ0v) is 8.78. The van der Waals surface area contributed by atoms with Crippen LogP contribution in [0.3, 0.4) is 0 Å². The van der Waals surface area contributed by atoms with Crippen LogP contribution in [0.1, 0.15) is 16.4 Å². The highest BCUT2D eigenvalue weighted by Crippen LogP contribution is 2.24. The molecule has 0 unspecified atom stereocenters. The molecule has 0 aliphatic carbocycles. The first-order valence-electron chi connectivity index (χ1n) is 4.39. The Kier molecular flexibility index (Phi) is 2.56. The Morgan fingerprint density at radius 1 is 1.33 bits per heavy atom. The highest BCUT2D eigenvalue weighted by atomic mass is 35.5. The number of benzene rings is 1. The lowest BCUT2D eigenvalue weighted by Gasteiger charge is -1.96. The van der Waals surface area contributed by atoms with Gasteiger partial charge >= 0.3 is 0 Å². The Morgan fingerprint density at radius 3 is 2.53 bits per heavy atom. The van der Waals surface area contributed by atoms with Crippen LogP contribution in [0.5, 0.6) is 0 Å². The number of oxazole rings is 1. The van der Waals surface area contributed by atoms with E-state index in [1.807, 2.05) is 12.1 Å². The quantitative estimate of drug-likeness (QED) is 0.732. The van der Waals surface area contributed by atoms with Crippen LogP contribution in [0.25, 0.3) is 11.3 Å². The molecule has 0 saturated heterocycles. The maximum absolute atomic E-state index is 10.5. The molecule has 76 valence electrons. The van der Waals surface area contributed by atoms with Gasteiger partial charge in [0.2, 0.25) is 6.29 Å². The first-order chi connectivity index (χ1) is 7.20. The third-order valence-corrected chi connectivity index (χ3v) is 2.28. The summed E-state index contributed by atoms with van der Waals surface area (Å²) in [5.41, 5.74) is 1.56. The highest BCUT2D eigenvalue weighted by Gasteiger charge is 2.10.